The lowest BCUT2D eigenvalue weighted by Gasteiger charge is -2.40. The number of aromatic nitrogens is 1. The fraction of sp³-hybridized carbons (Fsp3) is 0.312. The SMILES string of the molecule is CN(C1CNC1)C(c1ccccc1)c1ccccn1. The Morgan fingerprint density at radius 2 is 1.84 bits per heavy atom. The summed E-state index contributed by atoms with van der Waals surface area (Å²) in [5, 5.41) is 3.34. The number of pyridine rings is 1. The van der Waals surface area contributed by atoms with Crippen LogP contribution in [-0.4, -0.2) is 36.1 Å². The lowest BCUT2D eigenvalue weighted by Crippen LogP contribution is -2.56. The van der Waals surface area contributed by atoms with Crippen LogP contribution in [0.5, 0.6) is 0 Å². The maximum Gasteiger partial charge on any atom is 0.0777 e. The van der Waals surface area contributed by atoms with E-state index in [0.29, 0.717) is 6.04 Å². The zero-order valence-electron chi connectivity index (χ0n) is 11.2. The van der Waals surface area contributed by atoms with Gasteiger partial charge in [-0.15, -0.1) is 0 Å². The Bertz CT molecular complexity index is 469. The number of nitrogens with zero attached hydrogens (tertiary/aromatic N) is 2. The molecule has 0 amide bonds. The van der Waals surface area contributed by atoms with Crippen molar-refractivity contribution in [2.24, 2.45) is 0 Å². The normalized spacial score (nSPS) is 17.2. The van der Waals surface area contributed by atoms with Crippen molar-refractivity contribution < 1.29 is 0 Å². The zero-order chi connectivity index (χ0) is 13.1. The van der Waals surface area contributed by atoms with E-state index in [1.54, 1.807) is 0 Å². The first-order valence-electron chi connectivity index (χ1n) is 6.75. The summed E-state index contributed by atoms with van der Waals surface area (Å²) < 4.78 is 0. The Balaban J connectivity index is 1.96. The third-order valence-electron chi connectivity index (χ3n) is 3.83. The van der Waals surface area contributed by atoms with Crippen molar-refractivity contribution in [3.8, 4) is 0 Å². The Kier molecular flexibility index (Phi) is 3.58. The van der Waals surface area contributed by atoms with Crippen molar-refractivity contribution in [1.82, 2.24) is 15.2 Å². The summed E-state index contributed by atoms with van der Waals surface area (Å²) in [6.07, 6.45) is 1.87. The van der Waals surface area contributed by atoms with Crippen LogP contribution in [-0.2, 0) is 0 Å². The lowest BCUT2D eigenvalue weighted by atomic mass is 9.98. The van der Waals surface area contributed by atoms with E-state index in [1.807, 2.05) is 12.3 Å². The van der Waals surface area contributed by atoms with Crippen LogP contribution >= 0.6 is 0 Å². The standard InChI is InChI=1S/C16H19N3/c1-19(14-11-17-12-14)16(13-7-3-2-4-8-13)15-9-5-6-10-18-15/h2-10,14,16-17H,11-12H2,1H3. The molecule has 1 atom stereocenters. The molecule has 1 aromatic heterocycles. The Morgan fingerprint density at radius 1 is 1.11 bits per heavy atom. The molecular weight excluding hydrogens is 234 g/mol. The number of likely N-dealkylation sites (N-methyl/N-ethyl adjacent to an activating group) is 1. The van der Waals surface area contributed by atoms with Gasteiger partial charge in [-0.25, -0.2) is 0 Å². The first-order chi connectivity index (χ1) is 9.36. The summed E-state index contributed by atoms with van der Waals surface area (Å²) in [6, 6.07) is 17.6. The van der Waals surface area contributed by atoms with E-state index in [0.717, 1.165) is 18.8 Å². The zero-order valence-corrected chi connectivity index (χ0v) is 11.2. The maximum absolute atomic E-state index is 4.56. The number of nitrogens with one attached hydrogen (secondary N) is 1. The van der Waals surface area contributed by atoms with Gasteiger partial charge in [0, 0.05) is 25.3 Å². The van der Waals surface area contributed by atoms with Gasteiger partial charge in [-0.05, 0) is 24.7 Å². The van der Waals surface area contributed by atoms with Crippen LogP contribution in [0, 0.1) is 0 Å². The molecule has 1 aliphatic heterocycles. The van der Waals surface area contributed by atoms with Crippen LogP contribution in [0.25, 0.3) is 0 Å². The molecule has 19 heavy (non-hydrogen) atoms. The molecule has 0 saturated carbocycles. The van der Waals surface area contributed by atoms with E-state index >= 15 is 0 Å². The fourth-order valence-electron chi connectivity index (χ4n) is 2.56. The van der Waals surface area contributed by atoms with Crippen molar-refractivity contribution in [3.63, 3.8) is 0 Å². The second kappa shape index (κ2) is 5.51. The molecule has 1 unspecified atom stereocenters. The molecule has 0 aliphatic carbocycles. The highest BCUT2D eigenvalue weighted by Gasteiger charge is 2.29. The molecule has 1 aliphatic rings. The molecule has 2 heterocycles. The van der Waals surface area contributed by atoms with Gasteiger partial charge in [0.1, 0.15) is 0 Å². The van der Waals surface area contributed by atoms with Gasteiger partial charge in [0.15, 0.2) is 0 Å². The van der Waals surface area contributed by atoms with Crippen molar-refractivity contribution in [1.29, 1.82) is 0 Å². The molecule has 1 N–H and O–H groups in total. The van der Waals surface area contributed by atoms with Gasteiger partial charge in [0.05, 0.1) is 11.7 Å². The fourth-order valence-corrected chi connectivity index (χ4v) is 2.56. The third kappa shape index (κ3) is 2.53. The van der Waals surface area contributed by atoms with Crippen LogP contribution in [0.1, 0.15) is 17.3 Å². The van der Waals surface area contributed by atoms with Crippen molar-refractivity contribution >= 4 is 0 Å². The Hall–Kier alpha value is -1.71. The molecule has 0 bridgehead atoms. The molecule has 0 spiro atoms. The van der Waals surface area contributed by atoms with Gasteiger partial charge in [-0.1, -0.05) is 36.4 Å². The first kappa shape index (κ1) is 12.3. The minimum atomic E-state index is 0.231. The average Bonchev–Trinajstić information content (AvgIpc) is 2.39. The summed E-state index contributed by atoms with van der Waals surface area (Å²) in [5.41, 5.74) is 2.42. The van der Waals surface area contributed by atoms with Gasteiger partial charge in [0.25, 0.3) is 0 Å². The average molecular weight is 253 g/mol. The van der Waals surface area contributed by atoms with E-state index in [4.69, 9.17) is 0 Å². The van der Waals surface area contributed by atoms with Gasteiger partial charge >= 0.3 is 0 Å². The van der Waals surface area contributed by atoms with Crippen molar-refractivity contribution in [2.75, 3.05) is 20.1 Å². The first-order valence-corrected chi connectivity index (χ1v) is 6.75. The van der Waals surface area contributed by atoms with Gasteiger partial charge in [0.2, 0.25) is 0 Å². The van der Waals surface area contributed by atoms with E-state index in [1.165, 1.54) is 5.56 Å². The quantitative estimate of drug-likeness (QED) is 0.904. The molecule has 3 heteroatoms. The number of hydrogen-bond acceptors (Lipinski definition) is 3. The largest absolute Gasteiger partial charge is 0.314 e. The molecule has 3 nitrogen and oxygen atoms in total. The molecule has 3 rings (SSSR count). The summed E-state index contributed by atoms with van der Waals surface area (Å²) in [5.74, 6) is 0. The predicted octanol–water partition coefficient (Wildman–Crippen LogP) is 2.07. The molecule has 98 valence electrons. The van der Waals surface area contributed by atoms with E-state index in [-0.39, 0.29) is 6.04 Å². The monoisotopic (exact) mass is 253 g/mol. The van der Waals surface area contributed by atoms with Gasteiger partial charge in [-0.2, -0.15) is 0 Å². The van der Waals surface area contributed by atoms with Crippen molar-refractivity contribution in [2.45, 2.75) is 12.1 Å². The third-order valence-corrected chi connectivity index (χ3v) is 3.83. The van der Waals surface area contributed by atoms with Crippen molar-refractivity contribution in [3.05, 3.63) is 66.0 Å². The summed E-state index contributed by atoms with van der Waals surface area (Å²) in [6.45, 7) is 2.12. The Morgan fingerprint density at radius 3 is 2.42 bits per heavy atom. The highest BCUT2D eigenvalue weighted by molar-refractivity contribution is 5.28. The molecule has 0 radical (unpaired) electrons. The highest BCUT2D eigenvalue weighted by atomic mass is 15.2. The van der Waals surface area contributed by atoms with E-state index in [2.05, 4.69) is 64.7 Å². The van der Waals surface area contributed by atoms with Gasteiger partial charge < -0.3 is 5.32 Å². The number of rotatable bonds is 4. The number of benzene rings is 1. The van der Waals surface area contributed by atoms with E-state index < -0.39 is 0 Å². The minimum Gasteiger partial charge on any atom is -0.314 e. The maximum atomic E-state index is 4.56. The van der Waals surface area contributed by atoms with Crippen LogP contribution in [0.4, 0.5) is 0 Å². The molecule has 2 aromatic rings. The van der Waals surface area contributed by atoms with Crippen LogP contribution in [0.15, 0.2) is 54.7 Å². The summed E-state index contributed by atoms with van der Waals surface area (Å²) in [4.78, 5) is 6.98. The lowest BCUT2D eigenvalue weighted by molar-refractivity contribution is 0.144. The Labute approximate surface area is 114 Å². The van der Waals surface area contributed by atoms with Gasteiger partial charge in [-0.3, -0.25) is 9.88 Å². The molecule has 1 saturated heterocycles. The van der Waals surface area contributed by atoms with Crippen LogP contribution in [0.2, 0.25) is 0 Å². The summed E-state index contributed by atoms with van der Waals surface area (Å²) >= 11 is 0. The smallest absolute Gasteiger partial charge is 0.0777 e. The van der Waals surface area contributed by atoms with Crippen LogP contribution in [0.3, 0.4) is 0 Å². The molecule has 1 aromatic carbocycles. The molecule has 1 fully saturated rings. The predicted molar refractivity (Wildman–Crippen MR) is 76.9 cm³/mol. The minimum absolute atomic E-state index is 0.231. The second-order valence-corrected chi connectivity index (χ2v) is 5.05. The molecular formula is C16H19N3. The highest BCUT2D eigenvalue weighted by Crippen LogP contribution is 2.28. The summed E-state index contributed by atoms with van der Waals surface area (Å²) in [7, 11) is 2.19. The topological polar surface area (TPSA) is 28.2 Å². The van der Waals surface area contributed by atoms with Crippen LogP contribution < -0.4 is 5.32 Å². The van der Waals surface area contributed by atoms with E-state index in [9.17, 15) is 0 Å². The number of hydrogen-bond donors (Lipinski definition) is 1. The second-order valence-electron chi connectivity index (χ2n) is 5.05.